The molecule has 0 atom stereocenters. The molecule has 8 aromatic carbocycles. The van der Waals surface area contributed by atoms with Crippen LogP contribution in [0.1, 0.15) is 22.3 Å². The first-order valence-electron chi connectivity index (χ1n) is 16.9. The molecule has 9 aromatic rings. The van der Waals surface area contributed by atoms with Gasteiger partial charge in [0.25, 0.3) is 0 Å². The highest BCUT2D eigenvalue weighted by molar-refractivity contribution is 6.22. The Balaban J connectivity index is 1.28. The van der Waals surface area contributed by atoms with Crippen LogP contribution in [-0.4, -0.2) is 4.57 Å². The fourth-order valence-electron chi connectivity index (χ4n) is 8.85. The molecular formula is C47H29NO. The van der Waals surface area contributed by atoms with Crippen LogP contribution >= 0.6 is 0 Å². The maximum Gasteiger partial charge on any atom is 0.133 e. The van der Waals surface area contributed by atoms with Crippen LogP contribution in [0.5, 0.6) is 11.5 Å². The minimum atomic E-state index is -0.522. The van der Waals surface area contributed by atoms with E-state index in [-0.39, 0.29) is 0 Å². The van der Waals surface area contributed by atoms with E-state index in [1.54, 1.807) is 0 Å². The van der Waals surface area contributed by atoms with Crippen molar-refractivity contribution in [3.63, 3.8) is 0 Å². The molecule has 1 aliphatic heterocycles. The van der Waals surface area contributed by atoms with Crippen molar-refractivity contribution in [1.29, 1.82) is 0 Å². The topological polar surface area (TPSA) is 14.2 Å². The average molecular weight is 624 g/mol. The first kappa shape index (κ1) is 26.7. The molecule has 0 amide bonds. The Morgan fingerprint density at radius 1 is 0.408 bits per heavy atom. The van der Waals surface area contributed by atoms with Crippen LogP contribution in [0.15, 0.2) is 176 Å². The van der Waals surface area contributed by atoms with E-state index in [0.717, 1.165) is 17.2 Å². The van der Waals surface area contributed by atoms with E-state index in [9.17, 15) is 0 Å². The highest BCUT2D eigenvalue weighted by Crippen LogP contribution is 2.62. The zero-order chi connectivity index (χ0) is 32.1. The third-order valence-electron chi connectivity index (χ3n) is 10.9. The highest BCUT2D eigenvalue weighted by Gasteiger charge is 2.51. The molecule has 0 radical (unpaired) electrons. The maximum atomic E-state index is 6.93. The molecule has 1 aromatic heterocycles. The monoisotopic (exact) mass is 623 g/mol. The van der Waals surface area contributed by atoms with Gasteiger partial charge in [0.15, 0.2) is 0 Å². The summed E-state index contributed by atoms with van der Waals surface area (Å²) >= 11 is 0. The number of nitrogens with zero attached hydrogens (tertiary/aromatic N) is 1. The summed E-state index contributed by atoms with van der Waals surface area (Å²) in [6, 6.07) is 64.1. The van der Waals surface area contributed by atoms with Crippen LogP contribution in [-0.2, 0) is 5.41 Å². The predicted molar refractivity (Wildman–Crippen MR) is 201 cm³/mol. The van der Waals surface area contributed by atoms with Crippen molar-refractivity contribution in [3.8, 4) is 39.4 Å². The molecule has 0 saturated carbocycles. The Morgan fingerprint density at radius 2 is 1.04 bits per heavy atom. The first-order chi connectivity index (χ1) is 24.3. The molecule has 49 heavy (non-hydrogen) atoms. The van der Waals surface area contributed by atoms with Crippen molar-refractivity contribution in [2.75, 3.05) is 0 Å². The van der Waals surface area contributed by atoms with E-state index in [0.29, 0.717) is 0 Å². The van der Waals surface area contributed by atoms with E-state index >= 15 is 0 Å². The molecule has 0 N–H and O–H groups in total. The lowest BCUT2D eigenvalue weighted by molar-refractivity contribution is 0.437. The van der Waals surface area contributed by atoms with Crippen LogP contribution in [0.25, 0.3) is 60.5 Å². The van der Waals surface area contributed by atoms with Gasteiger partial charge in [-0.1, -0.05) is 140 Å². The van der Waals surface area contributed by atoms with Crippen LogP contribution in [0.3, 0.4) is 0 Å². The zero-order valence-corrected chi connectivity index (χ0v) is 26.6. The number of aromatic nitrogens is 1. The number of hydrogen-bond donors (Lipinski definition) is 0. The van der Waals surface area contributed by atoms with Crippen LogP contribution in [0, 0.1) is 0 Å². The van der Waals surface area contributed by atoms with Crippen molar-refractivity contribution in [1.82, 2.24) is 4.57 Å². The second-order valence-corrected chi connectivity index (χ2v) is 13.2. The van der Waals surface area contributed by atoms with Crippen LogP contribution < -0.4 is 4.74 Å². The van der Waals surface area contributed by atoms with Gasteiger partial charge < -0.3 is 9.30 Å². The summed E-state index contributed by atoms with van der Waals surface area (Å²) in [7, 11) is 0. The van der Waals surface area contributed by atoms with E-state index < -0.39 is 5.41 Å². The Bertz CT molecular complexity index is 2740. The van der Waals surface area contributed by atoms with Crippen LogP contribution in [0.2, 0.25) is 0 Å². The Labute approximate surface area is 284 Å². The number of hydrogen-bond acceptors (Lipinski definition) is 1. The van der Waals surface area contributed by atoms with Gasteiger partial charge in [-0.05, 0) is 80.6 Å². The number of para-hydroxylation sites is 1. The number of rotatable bonds is 2. The second-order valence-electron chi connectivity index (χ2n) is 13.2. The fraction of sp³-hybridized carbons (Fsp3) is 0.0213. The summed E-state index contributed by atoms with van der Waals surface area (Å²) in [6.07, 6.45) is 0. The standard InChI is InChI=1S/C47H29NO/c1-2-12-30(13-3-1)31-22-25-33(26-23-31)48-42-27-24-32-14-4-5-15-34(32)46(42)37-28-45-41(29-43(37)48)47(40-20-10-11-21-44(40)49-45)38-18-8-6-16-35(38)36-17-7-9-19-39(36)47/h1-29H. The minimum Gasteiger partial charge on any atom is -0.457 e. The van der Waals surface area contributed by atoms with Crippen molar-refractivity contribution < 1.29 is 4.74 Å². The second kappa shape index (κ2) is 9.82. The van der Waals surface area contributed by atoms with Crippen molar-refractivity contribution >= 4 is 32.6 Å². The lowest BCUT2D eigenvalue weighted by atomic mass is 9.66. The van der Waals surface area contributed by atoms with Crippen molar-refractivity contribution in [3.05, 3.63) is 198 Å². The Hall–Kier alpha value is -6.38. The summed E-state index contributed by atoms with van der Waals surface area (Å²) in [6.45, 7) is 0. The molecule has 11 rings (SSSR count). The average Bonchev–Trinajstić information content (AvgIpc) is 3.65. The van der Waals surface area contributed by atoms with Gasteiger partial charge in [-0.3, -0.25) is 0 Å². The van der Waals surface area contributed by atoms with E-state index in [1.807, 2.05) is 0 Å². The Morgan fingerprint density at radius 3 is 1.82 bits per heavy atom. The third-order valence-corrected chi connectivity index (χ3v) is 10.9. The fourth-order valence-corrected chi connectivity index (χ4v) is 8.85. The van der Waals surface area contributed by atoms with Gasteiger partial charge in [-0.2, -0.15) is 0 Å². The SMILES string of the molecule is c1ccc(-c2ccc(-n3c4cc5c(cc4c4c6ccccc6ccc43)Oc3ccccc3C53c4ccccc4-c4ccccc43)cc2)cc1. The largest absolute Gasteiger partial charge is 0.457 e. The molecule has 0 fully saturated rings. The summed E-state index contributed by atoms with van der Waals surface area (Å²) < 4.78 is 9.39. The van der Waals surface area contributed by atoms with Crippen LogP contribution in [0.4, 0.5) is 0 Å². The smallest absolute Gasteiger partial charge is 0.133 e. The number of ether oxygens (including phenoxy) is 1. The van der Waals surface area contributed by atoms with E-state index in [4.69, 9.17) is 4.74 Å². The molecule has 2 nitrogen and oxygen atoms in total. The zero-order valence-electron chi connectivity index (χ0n) is 26.6. The number of fused-ring (bicyclic) bond motifs is 14. The number of benzene rings is 8. The summed E-state index contributed by atoms with van der Waals surface area (Å²) in [5.41, 5.74) is 12.9. The van der Waals surface area contributed by atoms with E-state index in [2.05, 4.69) is 180 Å². The van der Waals surface area contributed by atoms with Gasteiger partial charge in [0.05, 0.1) is 16.4 Å². The lowest BCUT2D eigenvalue weighted by Gasteiger charge is -2.39. The van der Waals surface area contributed by atoms with Gasteiger partial charge in [0.2, 0.25) is 0 Å². The third kappa shape index (κ3) is 3.50. The molecule has 0 bridgehead atoms. The van der Waals surface area contributed by atoms with E-state index in [1.165, 1.54) is 77.1 Å². The predicted octanol–water partition coefficient (Wildman–Crippen LogP) is 12.1. The molecule has 2 aliphatic rings. The summed E-state index contributed by atoms with van der Waals surface area (Å²) in [5.74, 6) is 1.81. The molecule has 0 unspecified atom stereocenters. The maximum absolute atomic E-state index is 6.93. The van der Waals surface area contributed by atoms with Gasteiger partial charge in [0, 0.05) is 27.6 Å². The van der Waals surface area contributed by atoms with Gasteiger partial charge in [0.1, 0.15) is 11.5 Å². The van der Waals surface area contributed by atoms with Gasteiger partial charge >= 0.3 is 0 Å². The Kier molecular flexibility index (Phi) is 5.34. The normalized spacial score (nSPS) is 13.6. The molecule has 228 valence electrons. The molecule has 0 saturated heterocycles. The lowest BCUT2D eigenvalue weighted by Crippen LogP contribution is -2.32. The quantitative estimate of drug-likeness (QED) is 0.187. The van der Waals surface area contributed by atoms with Crippen molar-refractivity contribution in [2.24, 2.45) is 0 Å². The molecule has 1 spiro atoms. The molecule has 1 aliphatic carbocycles. The summed E-state index contributed by atoms with van der Waals surface area (Å²) in [5, 5.41) is 4.90. The molecular weight excluding hydrogens is 595 g/mol. The van der Waals surface area contributed by atoms with Gasteiger partial charge in [-0.15, -0.1) is 0 Å². The molecule has 2 heteroatoms. The van der Waals surface area contributed by atoms with Crippen molar-refractivity contribution in [2.45, 2.75) is 5.41 Å². The summed E-state index contributed by atoms with van der Waals surface area (Å²) in [4.78, 5) is 0. The minimum absolute atomic E-state index is 0.522. The van der Waals surface area contributed by atoms with Gasteiger partial charge in [-0.25, -0.2) is 0 Å². The molecule has 2 heterocycles. The highest BCUT2D eigenvalue weighted by atomic mass is 16.5. The first-order valence-corrected chi connectivity index (χ1v) is 16.9.